The monoisotopic (exact) mass is 199 g/mol. The van der Waals surface area contributed by atoms with Crippen LogP contribution in [0.5, 0.6) is 0 Å². The Kier molecular flexibility index (Phi) is 3.03. The second-order valence-corrected chi connectivity index (χ2v) is 4.15. The number of rotatable bonds is 2. The number of hydrogen-bond donors (Lipinski definition) is 2. The van der Waals surface area contributed by atoms with Gasteiger partial charge in [-0.25, -0.2) is 0 Å². The number of amides is 1. The Morgan fingerprint density at radius 2 is 2.14 bits per heavy atom. The van der Waals surface area contributed by atoms with Crippen LogP contribution in [0.2, 0.25) is 0 Å². The molecule has 2 aliphatic rings. The molecule has 4 nitrogen and oxygen atoms in total. The van der Waals surface area contributed by atoms with Crippen LogP contribution in [0.1, 0.15) is 12.8 Å². The van der Waals surface area contributed by atoms with E-state index in [4.69, 9.17) is 9.84 Å². The van der Waals surface area contributed by atoms with Crippen molar-refractivity contribution in [1.82, 2.24) is 5.32 Å². The van der Waals surface area contributed by atoms with Gasteiger partial charge in [-0.15, -0.1) is 0 Å². The van der Waals surface area contributed by atoms with E-state index in [0.29, 0.717) is 11.8 Å². The van der Waals surface area contributed by atoms with Crippen LogP contribution < -0.4 is 5.32 Å². The van der Waals surface area contributed by atoms with Crippen LogP contribution in [-0.2, 0) is 9.53 Å². The number of nitrogens with one attached hydrogen (secondary N) is 1. The first kappa shape index (κ1) is 9.93. The maximum Gasteiger partial charge on any atom is 0.225 e. The predicted molar refractivity (Wildman–Crippen MR) is 50.6 cm³/mol. The first-order chi connectivity index (χ1) is 6.83. The topological polar surface area (TPSA) is 58.6 Å². The second-order valence-electron chi connectivity index (χ2n) is 4.15. The van der Waals surface area contributed by atoms with Crippen LogP contribution in [0, 0.1) is 17.8 Å². The largest absolute Gasteiger partial charge is 0.396 e. The summed E-state index contributed by atoms with van der Waals surface area (Å²) in [6, 6.07) is 0. The molecule has 2 rings (SSSR count). The van der Waals surface area contributed by atoms with E-state index in [1.54, 1.807) is 0 Å². The lowest BCUT2D eigenvalue weighted by molar-refractivity contribution is -0.124. The zero-order valence-corrected chi connectivity index (χ0v) is 8.24. The van der Waals surface area contributed by atoms with Gasteiger partial charge >= 0.3 is 0 Å². The Hall–Kier alpha value is -0.610. The molecule has 0 saturated carbocycles. The van der Waals surface area contributed by atoms with Gasteiger partial charge in [-0.2, -0.15) is 0 Å². The van der Waals surface area contributed by atoms with Gasteiger partial charge in [0.05, 0.1) is 12.5 Å². The zero-order chi connectivity index (χ0) is 9.97. The highest BCUT2D eigenvalue weighted by Gasteiger charge is 2.39. The fourth-order valence-corrected chi connectivity index (χ4v) is 2.54. The Morgan fingerprint density at radius 1 is 1.43 bits per heavy atom. The Labute approximate surface area is 83.6 Å². The first-order valence-electron chi connectivity index (χ1n) is 5.29. The molecule has 2 saturated heterocycles. The van der Waals surface area contributed by atoms with E-state index in [9.17, 15) is 4.79 Å². The molecule has 0 aromatic carbocycles. The molecule has 2 unspecified atom stereocenters. The minimum Gasteiger partial charge on any atom is -0.396 e. The molecule has 2 heterocycles. The summed E-state index contributed by atoms with van der Waals surface area (Å²) in [5, 5.41) is 12.0. The van der Waals surface area contributed by atoms with Gasteiger partial charge in [0, 0.05) is 19.8 Å². The van der Waals surface area contributed by atoms with E-state index >= 15 is 0 Å². The summed E-state index contributed by atoms with van der Waals surface area (Å²) >= 11 is 0. The molecule has 0 spiro atoms. The lowest BCUT2D eigenvalue weighted by atomic mass is 9.80. The average Bonchev–Trinajstić information content (AvgIpc) is 2.61. The minimum absolute atomic E-state index is 0.0176. The molecular weight excluding hydrogens is 182 g/mol. The van der Waals surface area contributed by atoms with Crippen molar-refractivity contribution in [1.29, 1.82) is 0 Å². The molecule has 14 heavy (non-hydrogen) atoms. The quantitative estimate of drug-likeness (QED) is 0.645. The Balaban J connectivity index is 1.98. The molecule has 0 aromatic heterocycles. The first-order valence-corrected chi connectivity index (χ1v) is 5.29. The minimum atomic E-state index is -0.182. The molecule has 1 amide bonds. The number of carbonyl (C=O) groups is 1. The summed E-state index contributed by atoms with van der Waals surface area (Å²) < 4.78 is 5.29. The molecule has 0 aromatic rings. The number of hydrogen-bond acceptors (Lipinski definition) is 3. The highest BCUT2D eigenvalue weighted by Crippen LogP contribution is 2.32. The highest BCUT2D eigenvalue weighted by atomic mass is 16.5. The van der Waals surface area contributed by atoms with Gasteiger partial charge in [-0.3, -0.25) is 4.79 Å². The molecule has 2 fully saturated rings. The van der Waals surface area contributed by atoms with Crippen molar-refractivity contribution in [3.05, 3.63) is 0 Å². The standard InChI is InChI=1S/C10H17NO3/c12-6-9-8(5-11-10(9)13)7-1-3-14-4-2-7/h7-9,12H,1-6H2,(H,11,13). The summed E-state index contributed by atoms with van der Waals surface area (Å²) in [5.41, 5.74) is 0. The molecule has 2 atom stereocenters. The van der Waals surface area contributed by atoms with Crippen LogP contribution in [-0.4, -0.2) is 37.4 Å². The van der Waals surface area contributed by atoms with Gasteiger partial charge in [-0.05, 0) is 24.7 Å². The Morgan fingerprint density at radius 3 is 2.79 bits per heavy atom. The predicted octanol–water partition coefficient (Wildman–Crippen LogP) is -0.233. The molecule has 0 radical (unpaired) electrons. The van der Waals surface area contributed by atoms with E-state index in [-0.39, 0.29) is 18.4 Å². The van der Waals surface area contributed by atoms with Crippen molar-refractivity contribution >= 4 is 5.91 Å². The van der Waals surface area contributed by atoms with Gasteiger partial charge < -0.3 is 15.2 Å². The maximum atomic E-state index is 11.4. The fraction of sp³-hybridized carbons (Fsp3) is 0.900. The highest BCUT2D eigenvalue weighted by molar-refractivity contribution is 5.81. The molecule has 0 aliphatic carbocycles. The van der Waals surface area contributed by atoms with E-state index in [1.807, 2.05) is 0 Å². The SMILES string of the molecule is O=C1NCC(C2CCOCC2)C1CO. The van der Waals surface area contributed by atoms with Crippen molar-refractivity contribution in [3.8, 4) is 0 Å². The molecule has 2 N–H and O–H groups in total. The number of carbonyl (C=O) groups excluding carboxylic acids is 1. The van der Waals surface area contributed by atoms with E-state index in [0.717, 1.165) is 32.6 Å². The smallest absolute Gasteiger partial charge is 0.225 e. The lowest BCUT2D eigenvalue weighted by Crippen LogP contribution is -2.30. The van der Waals surface area contributed by atoms with Crippen LogP contribution in [0.4, 0.5) is 0 Å². The van der Waals surface area contributed by atoms with Gasteiger partial charge in [-0.1, -0.05) is 0 Å². The summed E-state index contributed by atoms with van der Waals surface area (Å²) in [6.45, 7) is 2.31. The molecule has 2 aliphatic heterocycles. The lowest BCUT2D eigenvalue weighted by Gasteiger charge is -2.29. The molecule has 0 bridgehead atoms. The summed E-state index contributed by atoms with van der Waals surface area (Å²) in [7, 11) is 0. The zero-order valence-electron chi connectivity index (χ0n) is 8.24. The van der Waals surface area contributed by atoms with Crippen molar-refractivity contribution in [3.63, 3.8) is 0 Å². The number of ether oxygens (including phenoxy) is 1. The van der Waals surface area contributed by atoms with E-state index in [1.165, 1.54) is 0 Å². The van der Waals surface area contributed by atoms with Crippen molar-refractivity contribution in [2.45, 2.75) is 12.8 Å². The molecule has 4 heteroatoms. The summed E-state index contributed by atoms with van der Waals surface area (Å²) in [5.74, 6) is 0.693. The van der Waals surface area contributed by atoms with Gasteiger partial charge in [0.15, 0.2) is 0 Å². The van der Waals surface area contributed by atoms with Crippen molar-refractivity contribution in [2.24, 2.45) is 17.8 Å². The van der Waals surface area contributed by atoms with E-state index in [2.05, 4.69) is 5.32 Å². The third-order valence-electron chi connectivity index (χ3n) is 3.43. The Bertz CT molecular complexity index is 213. The van der Waals surface area contributed by atoms with Gasteiger partial charge in [0.2, 0.25) is 5.91 Å². The van der Waals surface area contributed by atoms with Gasteiger partial charge in [0.1, 0.15) is 0 Å². The fourth-order valence-electron chi connectivity index (χ4n) is 2.54. The van der Waals surface area contributed by atoms with Crippen molar-refractivity contribution in [2.75, 3.05) is 26.4 Å². The van der Waals surface area contributed by atoms with Gasteiger partial charge in [0.25, 0.3) is 0 Å². The normalized spacial score (nSPS) is 34.5. The maximum absolute atomic E-state index is 11.4. The van der Waals surface area contributed by atoms with Crippen LogP contribution >= 0.6 is 0 Å². The van der Waals surface area contributed by atoms with Crippen molar-refractivity contribution < 1.29 is 14.6 Å². The number of aliphatic hydroxyl groups excluding tert-OH is 1. The second kappa shape index (κ2) is 4.28. The van der Waals surface area contributed by atoms with Crippen LogP contribution in [0.3, 0.4) is 0 Å². The average molecular weight is 199 g/mol. The molecular formula is C10H17NO3. The molecule has 80 valence electrons. The van der Waals surface area contributed by atoms with Crippen LogP contribution in [0.15, 0.2) is 0 Å². The number of aliphatic hydroxyl groups is 1. The third kappa shape index (κ3) is 1.77. The summed E-state index contributed by atoms with van der Waals surface area (Å²) in [6.07, 6.45) is 2.05. The van der Waals surface area contributed by atoms with E-state index < -0.39 is 0 Å². The third-order valence-corrected chi connectivity index (χ3v) is 3.43. The summed E-state index contributed by atoms with van der Waals surface area (Å²) in [4.78, 5) is 11.4. The van der Waals surface area contributed by atoms with Crippen LogP contribution in [0.25, 0.3) is 0 Å².